The Bertz CT molecular complexity index is 837. The smallest absolute Gasteiger partial charge is 0.262 e. The first-order chi connectivity index (χ1) is 13.0. The Hall–Kier alpha value is -2.74. The maximum Gasteiger partial charge on any atom is 0.262 e. The molecule has 3 unspecified atom stereocenters. The van der Waals surface area contributed by atoms with Gasteiger partial charge in [-0.1, -0.05) is 0 Å². The molecule has 0 bridgehead atoms. The zero-order chi connectivity index (χ0) is 19.1. The first-order valence-corrected chi connectivity index (χ1v) is 9.31. The van der Waals surface area contributed by atoms with Gasteiger partial charge in [0.15, 0.2) is 0 Å². The molecule has 4 rings (SSSR count). The van der Waals surface area contributed by atoms with Gasteiger partial charge in [-0.25, -0.2) is 0 Å². The number of hydrogen-bond donors (Lipinski definition) is 3. The van der Waals surface area contributed by atoms with Crippen LogP contribution in [0.3, 0.4) is 0 Å². The summed E-state index contributed by atoms with van der Waals surface area (Å²) in [7, 11) is 0. The minimum Gasteiger partial charge on any atom is -0.381 e. The monoisotopic (exact) mass is 370 g/mol. The Labute approximate surface area is 156 Å². The van der Waals surface area contributed by atoms with Gasteiger partial charge in [-0.15, -0.1) is 0 Å². The Morgan fingerprint density at radius 3 is 2.59 bits per heavy atom. The molecule has 0 aliphatic carbocycles. The minimum atomic E-state index is -0.936. The molecule has 0 aromatic heterocycles. The van der Waals surface area contributed by atoms with Crippen LogP contribution in [0.1, 0.15) is 53.3 Å². The van der Waals surface area contributed by atoms with Gasteiger partial charge < -0.3 is 10.6 Å². The van der Waals surface area contributed by atoms with Gasteiger partial charge in [0.25, 0.3) is 11.8 Å². The van der Waals surface area contributed by atoms with Crippen LogP contribution in [0.5, 0.6) is 0 Å². The van der Waals surface area contributed by atoms with E-state index in [2.05, 4.69) is 22.9 Å². The number of nitrogens with one attached hydrogen (secondary N) is 3. The third-order valence-corrected chi connectivity index (χ3v) is 5.55. The van der Waals surface area contributed by atoms with E-state index < -0.39 is 23.8 Å². The van der Waals surface area contributed by atoms with Gasteiger partial charge in [0, 0.05) is 24.2 Å². The van der Waals surface area contributed by atoms with Crippen molar-refractivity contribution in [3.05, 3.63) is 29.3 Å². The van der Waals surface area contributed by atoms with Crippen LogP contribution < -0.4 is 16.0 Å². The van der Waals surface area contributed by atoms with E-state index in [1.54, 1.807) is 18.2 Å². The van der Waals surface area contributed by atoms with Gasteiger partial charge in [0.05, 0.1) is 11.1 Å². The molecule has 3 heterocycles. The number of rotatable bonds is 3. The summed E-state index contributed by atoms with van der Waals surface area (Å²) in [6.45, 7) is 3.11. The minimum absolute atomic E-state index is 0.114. The van der Waals surface area contributed by atoms with Crippen molar-refractivity contribution in [3.63, 3.8) is 0 Å². The van der Waals surface area contributed by atoms with Crippen LogP contribution in [-0.2, 0) is 9.59 Å². The fourth-order valence-corrected chi connectivity index (χ4v) is 4.02. The van der Waals surface area contributed by atoms with Gasteiger partial charge in [0.2, 0.25) is 11.8 Å². The molecular formula is C19H22N4O4. The number of carbonyl (C=O) groups excluding carboxylic acids is 4. The summed E-state index contributed by atoms with van der Waals surface area (Å²) in [6.07, 6.45) is 2.38. The Balaban J connectivity index is 1.56. The van der Waals surface area contributed by atoms with E-state index in [1.165, 1.54) is 0 Å². The van der Waals surface area contributed by atoms with Gasteiger partial charge in [-0.3, -0.25) is 29.4 Å². The number of carbonyl (C=O) groups is 4. The van der Waals surface area contributed by atoms with Crippen molar-refractivity contribution in [3.8, 4) is 0 Å². The predicted octanol–water partition coefficient (Wildman–Crippen LogP) is 0.640. The fraction of sp³-hybridized carbons (Fsp3) is 0.474. The van der Waals surface area contributed by atoms with E-state index in [9.17, 15) is 19.2 Å². The number of imide groups is 2. The van der Waals surface area contributed by atoms with Crippen LogP contribution >= 0.6 is 0 Å². The summed E-state index contributed by atoms with van der Waals surface area (Å²) in [5.41, 5.74) is 1.37. The normalized spacial score (nSPS) is 28.2. The van der Waals surface area contributed by atoms with E-state index in [4.69, 9.17) is 0 Å². The van der Waals surface area contributed by atoms with Crippen LogP contribution in [0.2, 0.25) is 0 Å². The molecule has 2 saturated heterocycles. The maximum absolute atomic E-state index is 12.8. The number of hydrogen-bond acceptors (Lipinski definition) is 6. The molecular weight excluding hydrogens is 348 g/mol. The molecule has 8 nitrogen and oxygen atoms in total. The van der Waals surface area contributed by atoms with E-state index in [1.807, 2.05) is 0 Å². The van der Waals surface area contributed by atoms with Crippen LogP contribution in [0.15, 0.2) is 18.2 Å². The Morgan fingerprint density at radius 1 is 1.07 bits per heavy atom. The zero-order valence-corrected chi connectivity index (χ0v) is 15.1. The second-order valence-electron chi connectivity index (χ2n) is 7.34. The van der Waals surface area contributed by atoms with Crippen molar-refractivity contribution in [2.75, 3.05) is 11.9 Å². The number of piperidine rings is 2. The average Bonchev–Trinajstić information content (AvgIpc) is 2.88. The summed E-state index contributed by atoms with van der Waals surface area (Å²) in [6, 6.07) is 4.72. The van der Waals surface area contributed by atoms with Crippen molar-refractivity contribution >= 4 is 29.3 Å². The summed E-state index contributed by atoms with van der Waals surface area (Å²) in [4.78, 5) is 50.0. The zero-order valence-electron chi connectivity index (χ0n) is 15.1. The number of fused-ring (bicyclic) bond motifs is 1. The van der Waals surface area contributed by atoms with Crippen molar-refractivity contribution in [2.45, 2.75) is 50.7 Å². The molecule has 8 heteroatoms. The van der Waals surface area contributed by atoms with Crippen molar-refractivity contribution in [2.24, 2.45) is 0 Å². The maximum atomic E-state index is 12.8. The van der Waals surface area contributed by atoms with Gasteiger partial charge >= 0.3 is 0 Å². The largest absolute Gasteiger partial charge is 0.381 e. The molecule has 1 aromatic rings. The molecule has 4 amide bonds. The molecule has 0 saturated carbocycles. The van der Waals surface area contributed by atoms with Crippen molar-refractivity contribution in [1.29, 1.82) is 0 Å². The van der Waals surface area contributed by atoms with Crippen molar-refractivity contribution in [1.82, 2.24) is 15.5 Å². The van der Waals surface area contributed by atoms with E-state index >= 15 is 0 Å². The molecule has 142 valence electrons. The molecule has 27 heavy (non-hydrogen) atoms. The molecule has 0 spiro atoms. The topological polar surface area (TPSA) is 108 Å². The highest BCUT2D eigenvalue weighted by Crippen LogP contribution is 2.30. The molecule has 2 fully saturated rings. The van der Waals surface area contributed by atoms with Gasteiger partial charge in [-0.05, 0) is 50.9 Å². The lowest BCUT2D eigenvalue weighted by Crippen LogP contribution is -2.54. The molecule has 3 atom stereocenters. The Morgan fingerprint density at radius 2 is 1.85 bits per heavy atom. The summed E-state index contributed by atoms with van der Waals surface area (Å²) < 4.78 is 0. The van der Waals surface area contributed by atoms with Crippen LogP contribution in [0, 0.1) is 0 Å². The lowest BCUT2D eigenvalue weighted by Gasteiger charge is -2.31. The molecule has 0 radical (unpaired) electrons. The molecule has 1 aromatic carbocycles. The fourth-order valence-electron chi connectivity index (χ4n) is 4.02. The third-order valence-electron chi connectivity index (χ3n) is 5.55. The lowest BCUT2D eigenvalue weighted by molar-refractivity contribution is -0.136. The van der Waals surface area contributed by atoms with E-state index in [0.717, 1.165) is 30.0 Å². The highest BCUT2D eigenvalue weighted by Gasteiger charge is 2.44. The number of anilines is 1. The average molecular weight is 370 g/mol. The van der Waals surface area contributed by atoms with E-state index in [-0.39, 0.29) is 24.8 Å². The lowest BCUT2D eigenvalue weighted by atomic mass is 9.99. The third kappa shape index (κ3) is 3.10. The van der Waals surface area contributed by atoms with Gasteiger partial charge in [-0.2, -0.15) is 0 Å². The number of amides is 4. The van der Waals surface area contributed by atoms with Crippen LogP contribution in [-0.4, -0.2) is 53.2 Å². The number of nitrogens with zero attached hydrogens (tertiary/aromatic N) is 1. The Kier molecular flexibility index (Phi) is 4.43. The van der Waals surface area contributed by atoms with Crippen molar-refractivity contribution < 1.29 is 19.2 Å². The van der Waals surface area contributed by atoms with Crippen LogP contribution in [0.25, 0.3) is 0 Å². The number of benzene rings is 1. The van der Waals surface area contributed by atoms with Gasteiger partial charge in [0.1, 0.15) is 6.04 Å². The predicted molar refractivity (Wildman–Crippen MR) is 97.2 cm³/mol. The molecule has 3 aliphatic heterocycles. The first kappa shape index (κ1) is 17.7. The van der Waals surface area contributed by atoms with E-state index in [0.29, 0.717) is 17.2 Å². The SMILES string of the molecule is CC1NCCCC1Nc1ccc2c(c1)C(=O)N(C1CCC(=O)NC1=O)C2=O. The summed E-state index contributed by atoms with van der Waals surface area (Å²) in [5.74, 6) is -1.94. The quantitative estimate of drug-likeness (QED) is 0.674. The first-order valence-electron chi connectivity index (χ1n) is 9.31. The summed E-state index contributed by atoms with van der Waals surface area (Å²) in [5, 5.41) is 9.05. The summed E-state index contributed by atoms with van der Waals surface area (Å²) >= 11 is 0. The second-order valence-corrected chi connectivity index (χ2v) is 7.34. The highest BCUT2D eigenvalue weighted by molar-refractivity contribution is 6.23. The molecule has 3 aliphatic rings. The highest BCUT2D eigenvalue weighted by atomic mass is 16.2. The molecule has 3 N–H and O–H groups in total. The van der Waals surface area contributed by atoms with Crippen LogP contribution in [0.4, 0.5) is 5.69 Å². The standard InChI is InChI=1S/C19H22N4O4/c1-10-14(3-2-8-20-10)21-11-4-5-12-13(9-11)19(27)23(18(12)26)15-6-7-16(24)22-17(15)25/h4-5,9-10,14-15,20-21H,2-3,6-8H2,1H3,(H,22,24,25). The second kappa shape index (κ2) is 6.77.